The standard InChI is InChI=1S/C11H19N3O/c1-4-10(15)7-14-9(3)11-8(2)12-5-6-13-11/h5-6,9-10,14-15H,4,7H2,1-3H3. The van der Waals surface area contributed by atoms with Gasteiger partial charge in [-0.15, -0.1) is 0 Å². The Balaban J connectivity index is 2.54. The molecule has 0 aromatic carbocycles. The topological polar surface area (TPSA) is 58.0 Å². The molecular weight excluding hydrogens is 190 g/mol. The Morgan fingerprint density at radius 2 is 2.07 bits per heavy atom. The minimum absolute atomic E-state index is 0.125. The summed E-state index contributed by atoms with van der Waals surface area (Å²) in [5.41, 5.74) is 1.88. The van der Waals surface area contributed by atoms with Crippen LogP contribution in [0, 0.1) is 6.92 Å². The number of aromatic nitrogens is 2. The van der Waals surface area contributed by atoms with Crippen molar-refractivity contribution in [2.75, 3.05) is 6.54 Å². The van der Waals surface area contributed by atoms with E-state index >= 15 is 0 Å². The van der Waals surface area contributed by atoms with Gasteiger partial charge in [0.15, 0.2) is 0 Å². The Kier molecular flexibility index (Phi) is 4.65. The van der Waals surface area contributed by atoms with E-state index in [1.807, 2.05) is 20.8 Å². The van der Waals surface area contributed by atoms with E-state index in [4.69, 9.17) is 0 Å². The van der Waals surface area contributed by atoms with Crippen molar-refractivity contribution in [3.63, 3.8) is 0 Å². The van der Waals surface area contributed by atoms with Crippen molar-refractivity contribution in [1.82, 2.24) is 15.3 Å². The van der Waals surface area contributed by atoms with Crippen LogP contribution in [-0.4, -0.2) is 27.7 Å². The van der Waals surface area contributed by atoms with Crippen LogP contribution >= 0.6 is 0 Å². The predicted molar refractivity (Wildman–Crippen MR) is 59.5 cm³/mol. The van der Waals surface area contributed by atoms with Gasteiger partial charge in [-0.05, 0) is 20.3 Å². The van der Waals surface area contributed by atoms with Gasteiger partial charge >= 0.3 is 0 Å². The lowest BCUT2D eigenvalue weighted by molar-refractivity contribution is 0.163. The lowest BCUT2D eigenvalue weighted by atomic mass is 10.1. The average Bonchev–Trinajstić information content (AvgIpc) is 2.26. The summed E-state index contributed by atoms with van der Waals surface area (Å²) in [6, 6.07) is 0.125. The third kappa shape index (κ3) is 3.57. The van der Waals surface area contributed by atoms with Crippen molar-refractivity contribution in [3.05, 3.63) is 23.8 Å². The molecule has 0 amide bonds. The maximum absolute atomic E-state index is 9.42. The van der Waals surface area contributed by atoms with Crippen LogP contribution < -0.4 is 5.32 Å². The molecule has 1 aromatic rings. The number of nitrogens with one attached hydrogen (secondary N) is 1. The maximum atomic E-state index is 9.42. The largest absolute Gasteiger partial charge is 0.392 e. The monoisotopic (exact) mass is 209 g/mol. The van der Waals surface area contributed by atoms with Crippen LogP contribution in [0.1, 0.15) is 37.7 Å². The molecule has 0 aliphatic heterocycles. The first kappa shape index (κ1) is 12.1. The quantitative estimate of drug-likeness (QED) is 0.765. The second kappa shape index (κ2) is 5.78. The normalized spacial score (nSPS) is 14.9. The first-order valence-electron chi connectivity index (χ1n) is 5.34. The summed E-state index contributed by atoms with van der Waals surface area (Å²) in [5.74, 6) is 0. The minimum Gasteiger partial charge on any atom is -0.392 e. The molecule has 0 fully saturated rings. The van der Waals surface area contributed by atoms with Crippen LogP contribution in [0.3, 0.4) is 0 Å². The van der Waals surface area contributed by atoms with Crippen LogP contribution in [0.5, 0.6) is 0 Å². The lowest BCUT2D eigenvalue weighted by Crippen LogP contribution is -2.29. The van der Waals surface area contributed by atoms with Gasteiger partial charge in [0.05, 0.1) is 17.5 Å². The first-order chi connectivity index (χ1) is 7.15. The van der Waals surface area contributed by atoms with Gasteiger partial charge in [0.2, 0.25) is 0 Å². The maximum Gasteiger partial charge on any atom is 0.0782 e. The van der Waals surface area contributed by atoms with Gasteiger partial charge in [0, 0.05) is 25.0 Å². The van der Waals surface area contributed by atoms with Crippen LogP contribution in [0.15, 0.2) is 12.4 Å². The zero-order valence-corrected chi connectivity index (χ0v) is 9.57. The fourth-order valence-electron chi connectivity index (χ4n) is 1.40. The van der Waals surface area contributed by atoms with Crippen molar-refractivity contribution in [1.29, 1.82) is 0 Å². The highest BCUT2D eigenvalue weighted by atomic mass is 16.3. The number of hydrogen-bond acceptors (Lipinski definition) is 4. The highest BCUT2D eigenvalue weighted by Crippen LogP contribution is 2.11. The number of hydrogen-bond donors (Lipinski definition) is 2. The molecule has 1 aromatic heterocycles. The number of aryl methyl sites for hydroxylation is 1. The van der Waals surface area contributed by atoms with Crippen LogP contribution in [0.25, 0.3) is 0 Å². The Bertz CT molecular complexity index is 304. The summed E-state index contributed by atoms with van der Waals surface area (Å²) >= 11 is 0. The molecule has 0 spiro atoms. The van der Waals surface area contributed by atoms with E-state index in [1.165, 1.54) is 0 Å². The van der Waals surface area contributed by atoms with Gasteiger partial charge in [0.1, 0.15) is 0 Å². The summed E-state index contributed by atoms with van der Waals surface area (Å²) in [7, 11) is 0. The summed E-state index contributed by atoms with van der Waals surface area (Å²) in [4.78, 5) is 8.46. The van der Waals surface area contributed by atoms with Gasteiger partial charge in [-0.1, -0.05) is 6.92 Å². The molecule has 0 aliphatic rings. The molecule has 1 rings (SSSR count). The molecule has 0 bridgehead atoms. The van der Waals surface area contributed by atoms with E-state index in [9.17, 15) is 5.11 Å². The number of nitrogens with zero attached hydrogens (tertiary/aromatic N) is 2. The smallest absolute Gasteiger partial charge is 0.0782 e. The third-order valence-electron chi connectivity index (χ3n) is 2.46. The third-order valence-corrected chi connectivity index (χ3v) is 2.46. The zero-order valence-electron chi connectivity index (χ0n) is 9.57. The molecule has 0 aliphatic carbocycles. The second-order valence-corrected chi connectivity index (χ2v) is 3.72. The molecule has 4 nitrogen and oxygen atoms in total. The molecule has 0 saturated carbocycles. The Morgan fingerprint density at radius 3 is 2.67 bits per heavy atom. The van der Waals surface area contributed by atoms with Crippen LogP contribution in [0.2, 0.25) is 0 Å². The zero-order chi connectivity index (χ0) is 11.3. The molecule has 84 valence electrons. The van der Waals surface area contributed by atoms with Crippen molar-refractivity contribution in [2.45, 2.75) is 39.3 Å². The minimum atomic E-state index is -0.288. The van der Waals surface area contributed by atoms with Gasteiger partial charge in [0.25, 0.3) is 0 Å². The van der Waals surface area contributed by atoms with E-state index in [0.29, 0.717) is 6.54 Å². The van der Waals surface area contributed by atoms with E-state index in [2.05, 4.69) is 15.3 Å². The fraction of sp³-hybridized carbons (Fsp3) is 0.636. The molecule has 2 atom stereocenters. The summed E-state index contributed by atoms with van der Waals surface area (Å²) in [6.45, 7) is 6.52. The molecule has 4 heteroatoms. The van der Waals surface area contributed by atoms with Gasteiger partial charge in [-0.3, -0.25) is 9.97 Å². The van der Waals surface area contributed by atoms with E-state index < -0.39 is 0 Å². The van der Waals surface area contributed by atoms with Gasteiger partial charge in [-0.25, -0.2) is 0 Å². The Hall–Kier alpha value is -1.00. The van der Waals surface area contributed by atoms with E-state index in [-0.39, 0.29) is 12.1 Å². The Labute approximate surface area is 90.8 Å². The lowest BCUT2D eigenvalue weighted by Gasteiger charge is -2.16. The van der Waals surface area contributed by atoms with Gasteiger partial charge < -0.3 is 10.4 Å². The van der Waals surface area contributed by atoms with Gasteiger partial charge in [-0.2, -0.15) is 0 Å². The number of aliphatic hydroxyl groups is 1. The molecule has 15 heavy (non-hydrogen) atoms. The predicted octanol–water partition coefficient (Wildman–Crippen LogP) is 1.21. The van der Waals surface area contributed by atoms with Crippen molar-refractivity contribution < 1.29 is 5.11 Å². The average molecular weight is 209 g/mol. The fourth-order valence-corrected chi connectivity index (χ4v) is 1.40. The van der Waals surface area contributed by atoms with Crippen molar-refractivity contribution in [3.8, 4) is 0 Å². The second-order valence-electron chi connectivity index (χ2n) is 3.72. The van der Waals surface area contributed by atoms with Crippen LogP contribution in [-0.2, 0) is 0 Å². The summed E-state index contributed by atoms with van der Waals surface area (Å²) in [5, 5.41) is 12.7. The molecular formula is C11H19N3O. The summed E-state index contributed by atoms with van der Waals surface area (Å²) < 4.78 is 0. The molecule has 1 heterocycles. The van der Waals surface area contributed by atoms with E-state index in [1.54, 1.807) is 12.4 Å². The highest BCUT2D eigenvalue weighted by molar-refractivity contribution is 5.12. The van der Waals surface area contributed by atoms with Crippen molar-refractivity contribution >= 4 is 0 Å². The number of aliphatic hydroxyl groups excluding tert-OH is 1. The Morgan fingerprint density at radius 1 is 1.40 bits per heavy atom. The molecule has 0 radical (unpaired) electrons. The SMILES string of the molecule is CCC(O)CNC(C)c1nccnc1C. The molecule has 2 unspecified atom stereocenters. The van der Waals surface area contributed by atoms with Crippen molar-refractivity contribution in [2.24, 2.45) is 0 Å². The van der Waals surface area contributed by atoms with Crippen LogP contribution in [0.4, 0.5) is 0 Å². The highest BCUT2D eigenvalue weighted by Gasteiger charge is 2.11. The summed E-state index contributed by atoms with van der Waals surface area (Å²) in [6.07, 6.45) is 3.85. The molecule has 0 saturated heterocycles. The molecule has 2 N–H and O–H groups in total. The first-order valence-corrected chi connectivity index (χ1v) is 5.34. The number of rotatable bonds is 5. The van der Waals surface area contributed by atoms with E-state index in [0.717, 1.165) is 17.8 Å².